The number of aromatic amines is 1. The number of carbonyl (C=O) groups excluding carboxylic acids is 1. The standard InChI is InChI=1S/C14H19N3OS/c1-4-19-10(3)14(18)15-8-12-16-11-7-5-6-9(2)13(11)17-12/h5-7,10H,4,8H2,1-3H3,(H,15,18)(H,16,17)/t10-/m0/s1. The number of fused-ring (bicyclic) bond motifs is 1. The van der Waals surface area contributed by atoms with Crippen LogP contribution in [0.5, 0.6) is 0 Å². The van der Waals surface area contributed by atoms with E-state index in [-0.39, 0.29) is 11.2 Å². The van der Waals surface area contributed by atoms with Gasteiger partial charge in [0.15, 0.2) is 0 Å². The van der Waals surface area contributed by atoms with E-state index in [0.717, 1.165) is 28.2 Å². The molecule has 1 amide bonds. The van der Waals surface area contributed by atoms with Gasteiger partial charge in [-0.15, -0.1) is 11.8 Å². The maximum atomic E-state index is 11.8. The van der Waals surface area contributed by atoms with Gasteiger partial charge in [0.1, 0.15) is 5.82 Å². The van der Waals surface area contributed by atoms with Crippen molar-refractivity contribution in [3.8, 4) is 0 Å². The number of amides is 1. The summed E-state index contributed by atoms with van der Waals surface area (Å²) in [5.41, 5.74) is 3.13. The molecule has 0 radical (unpaired) electrons. The molecule has 1 aromatic carbocycles. The number of para-hydroxylation sites is 1. The number of thioether (sulfide) groups is 1. The van der Waals surface area contributed by atoms with Gasteiger partial charge < -0.3 is 10.3 Å². The Morgan fingerprint density at radius 3 is 3.00 bits per heavy atom. The maximum Gasteiger partial charge on any atom is 0.233 e. The summed E-state index contributed by atoms with van der Waals surface area (Å²) in [6.45, 7) is 6.45. The van der Waals surface area contributed by atoms with E-state index < -0.39 is 0 Å². The number of carbonyl (C=O) groups is 1. The van der Waals surface area contributed by atoms with E-state index in [0.29, 0.717) is 6.54 Å². The first-order valence-corrected chi connectivity index (χ1v) is 7.50. The van der Waals surface area contributed by atoms with Crippen molar-refractivity contribution in [2.45, 2.75) is 32.6 Å². The first-order valence-electron chi connectivity index (χ1n) is 6.45. The minimum Gasteiger partial charge on any atom is -0.348 e. The molecule has 4 nitrogen and oxygen atoms in total. The minimum atomic E-state index is -0.0175. The summed E-state index contributed by atoms with van der Waals surface area (Å²) in [6.07, 6.45) is 0. The van der Waals surface area contributed by atoms with Crippen molar-refractivity contribution in [1.29, 1.82) is 0 Å². The SMILES string of the molecule is CCS[C@@H](C)C(=O)NCc1nc2c(C)cccc2[nH]1. The molecule has 0 aliphatic carbocycles. The van der Waals surface area contributed by atoms with Crippen molar-refractivity contribution in [2.24, 2.45) is 0 Å². The minimum absolute atomic E-state index is 0.0175. The van der Waals surface area contributed by atoms with Crippen LogP contribution in [0.4, 0.5) is 0 Å². The number of H-pyrrole nitrogens is 1. The van der Waals surface area contributed by atoms with Crippen molar-refractivity contribution in [2.75, 3.05) is 5.75 Å². The average molecular weight is 277 g/mol. The predicted molar refractivity (Wildman–Crippen MR) is 80.3 cm³/mol. The van der Waals surface area contributed by atoms with Gasteiger partial charge >= 0.3 is 0 Å². The van der Waals surface area contributed by atoms with Gasteiger partial charge in [0.2, 0.25) is 5.91 Å². The molecule has 0 saturated carbocycles. The van der Waals surface area contributed by atoms with Crippen molar-refractivity contribution in [3.05, 3.63) is 29.6 Å². The number of hydrogen-bond donors (Lipinski definition) is 2. The number of aryl methyl sites for hydroxylation is 1. The van der Waals surface area contributed by atoms with Crippen molar-refractivity contribution in [3.63, 3.8) is 0 Å². The van der Waals surface area contributed by atoms with Crippen LogP contribution < -0.4 is 5.32 Å². The lowest BCUT2D eigenvalue weighted by Gasteiger charge is -2.09. The van der Waals surface area contributed by atoms with Crippen LogP contribution in [0, 0.1) is 6.92 Å². The molecule has 1 atom stereocenters. The van der Waals surface area contributed by atoms with Gasteiger partial charge in [0.05, 0.1) is 22.8 Å². The largest absolute Gasteiger partial charge is 0.348 e. The second kappa shape index (κ2) is 6.10. The quantitative estimate of drug-likeness (QED) is 0.883. The zero-order valence-electron chi connectivity index (χ0n) is 11.5. The Balaban J connectivity index is 2.02. The van der Waals surface area contributed by atoms with E-state index in [9.17, 15) is 4.79 Å². The van der Waals surface area contributed by atoms with E-state index >= 15 is 0 Å². The molecule has 0 fully saturated rings. The molecule has 0 aliphatic rings. The van der Waals surface area contributed by atoms with E-state index in [1.54, 1.807) is 11.8 Å². The zero-order valence-corrected chi connectivity index (χ0v) is 12.3. The van der Waals surface area contributed by atoms with E-state index in [1.807, 2.05) is 32.0 Å². The molecule has 0 saturated heterocycles. The molecule has 1 aromatic heterocycles. The van der Waals surface area contributed by atoms with Gasteiger partial charge in [-0.25, -0.2) is 4.98 Å². The van der Waals surface area contributed by atoms with Crippen LogP contribution in [-0.4, -0.2) is 26.9 Å². The first kappa shape index (κ1) is 13.9. The third-order valence-corrected chi connectivity index (χ3v) is 4.03. The van der Waals surface area contributed by atoms with E-state index in [1.165, 1.54) is 0 Å². The number of rotatable bonds is 5. The molecule has 0 aliphatic heterocycles. The highest BCUT2D eigenvalue weighted by molar-refractivity contribution is 8.00. The smallest absolute Gasteiger partial charge is 0.233 e. The second-order valence-electron chi connectivity index (χ2n) is 4.47. The summed E-state index contributed by atoms with van der Waals surface area (Å²) < 4.78 is 0. The molecule has 0 unspecified atom stereocenters. The predicted octanol–water partition coefficient (Wildman–Crippen LogP) is 2.63. The Morgan fingerprint density at radius 1 is 1.53 bits per heavy atom. The lowest BCUT2D eigenvalue weighted by atomic mass is 10.2. The lowest BCUT2D eigenvalue weighted by molar-refractivity contribution is -0.120. The number of benzene rings is 1. The summed E-state index contributed by atoms with van der Waals surface area (Å²) in [7, 11) is 0. The Hall–Kier alpha value is -1.49. The topological polar surface area (TPSA) is 57.8 Å². The molecule has 0 spiro atoms. The molecule has 5 heteroatoms. The van der Waals surface area contributed by atoms with Crippen LogP contribution in [-0.2, 0) is 11.3 Å². The third-order valence-electron chi connectivity index (χ3n) is 2.98. The average Bonchev–Trinajstić information content (AvgIpc) is 2.80. The fourth-order valence-corrected chi connectivity index (χ4v) is 2.69. The zero-order chi connectivity index (χ0) is 13.8. The monoisotopic (exact) mass is 277 g/mol. The number of imidazole rings is 1. The number of aromatic nitrogens is 2. The number of nitrogens with one attached hydrogen (secondary N) is 2. The molecule has 19 heavy (non-hydrogen) atoms. The highest BCUT2D eigenvalue weighted by atomic mass is 32.2. The maximum absolute atomic E-state index is 11.8. The Kier molecular flexibility index (Phi) is 4.47. The van der Waals surface area contributed by atoms with Crippen LogP contribution in [0.15, 0.2) is 18.2 Å². The van der Waals surface area contributed by atoms with Crippen LogP contribution in [0.2, 0.25) is 0 Å². The molecular formula is C14H19N3OS. The van der Waals surface area contributed by atoms with Crippen LogP contribution in [0.1, 0.15) is 25.2 Å². The van der Waals surface area contributed by atoms with Gasteiger partial charge in [-0.1, -0.05) is 19.1 Å². The van der Waals surface area contributed by atoms with Crippen molar-refractivity contribution >= 4 is 28.7 Å². The molecule has 2 aromatic rings. The van der Waals surface area contributed by atoms with Gasteiger partial charge in [-0.2, -0.15) is 0 Å². The molecular weight excluding hydrogens is 258 g/mol. The van der Waals surface area contributed by atoms with E-state index in [4.69, 9.17) is 0 Å². The Labute approximate surface area is 117 Å². The fourth-order valence-electron chi connectivity index (χ4n) is 1.95. The number of hydrogen-bond acceptors (Lipinski definition) is 3. The van der Waals surface area contributed by atoms with Gasteiger partial charge in [-0.05, 0) is 31.2 Å². The van der Waals surface area contributed by atoms with Crippen LogP contribution >= 0.6 is 11.8 Å². The molecule has 2 rings (SSSR count). The lowest BCUT2D eigenvalue weighted by Crippen LogP contribution is -2.30. The van der Waals surface area contributed by atoms with Crippen molar-refractivity contribution in [1.82, 2.24) is 15.3 Å². The molecule has 102 valence electrons. The van der Waals surface area contributed by atoms with Crippen molar-refractivity contribution < 1.29 is 4.79 Å². The third kappa shape index (κ3) is 3.29. The summed E-state index contributed by atoms with van der Waals surface area (Å²) in [4.78, 5) is 19.6. The van der Waals surface area contributed by atoms with Crippen LogP contribution in [0.3, 0.4) is 0 Å². The first-order chi connectivity index (χ1) is 9.11. The van der Waals surface area contributed by atoms with E-state index in [2.05, 4.69) is 22.2 Å². The highest BCUT2D eigenvalue weighted by Gasteiger charge is 2.12. The Morgan fingerprint density at radius 2 is 2.32 bits per heavy atom. The molecule has 0 bridgehead atoms. The number of nitrogens with zero attached hydrogens (tertiary/aromatic N) is 1. The molecule has 1 heterocycles. The van der Waals surface area contributed by atoms with Gasteiger partial charge in [0, 0.05) is 0 Å². The summed E-state index contributed by atoms with van der Waals surface area (Å²) in [5, 5.41) is 2.89. The Bertz CT molecular complexity index is 579. The summed E-state index contributed by atoms with van der Waals surface area (Å²) in [5.74, 6) is 1.80. The van der Waals surface area contributed by atoms with Gasteiger partial charge in [0.25, 0.3) is 0 Å². The second-order valence-corrected chi connectivity index (χ2v) is 6.09. The fraction of sp³-hybridized carbons (Fsp3) is 0.429. The summed E-state index contributed by atoms with van der Waals surface area (Å²) in [6, 6.07) is 6.03. The van der Waals surface area contributed by atoms with Gasteiger partial charge in [-0.3, -0.25) is 4.79 Å². The normalized spacial score (nSPS) is 12.6. The summed E-state index contributed by atoms with van der Waals surface area (Å²) >= 11 is 1.64. The highest BCUT2D eigenvalue weighted by Crippen LogP contribution is 2.15. The molecule has 2 N–H and O–H groups in total. The van der Waals surface area contributed by atoms with Crippen LogP contribution in [0.25, 0.3) is 11.0 Å².